The standard InChI is InChI=1S/C7H5BrF3N/c1-3-5(8)2-4(6(9)10)7(11)12-3/h2,6H,1H3. The summed E-state index contributed by atoms with van der Waals surface area (Å²) in [5, 5.41) is 0. The van der Waals surface area contributed by atoms with E-state index >= 15 is 0 Å². The summed E-state index contributed by atoms with van der Waals surface area (Å²) in [6, 6.07) is 1.04. The highest BCUT2D eigenvalue weighted by Gasteiger charge is 2.15. The molecule has 12 heavy (non-hydrogen) atoms. The molecule has 1 nitrogen and oxygen atoms in total. The molecule has 1 heterocycles. The van der Waals surface area contributed by atoms with Crippen LogP contribution in [0.25, 0.3) is 0 Å². The molecule has 0 fully saturated rings. The van der Waals surface area contributed by atoms with Crippen molar-refractivity contribution in [1.29, 1.82) is 0 Å². The van der Waals surface area contributed by atoms with E-state index in [0.29, 0.717) is 10.2 Å². The maximum Gasteiger partial charge on any atom is 0.268 e. The van der Waals surface area contributed by atoms with Gasteiger partial charge in [-0.25, -0.2) is 13.8 Å². The Balaban J connectivity index is 3.23. The Labute approximate surface area is 75.7 Å². The van der Waals surface area contributed by atoms with Gasteiger partial charge in [0.15, 0.2) is 0 Å². The summed E-state index contributed by atoms with van der Waals surface area (Å²) in [5.74, 6) is -1.11. The Morgan fingerprint density at radius 3 is 2.58 bits per heavy atom. The molecular weight excluding hydrogens is 235 g/mol. The van der Waals surface area contributed by atoms with E-state index in [2.05, 4.69) is 20.9 Å². The molecule has 0 amide bonds. The molecule has 1 aromatic heterocycles. The lowest BCUT2D eigenvalue weighted by Crippen LogP contribution is -1.97. The van der Waals surface area contributed by atoms with Crippen LogP contribution in [0.4, 0.5) is 13.2 Å². The van der Waals surface area contributed by atoms with Crippen LogP contribution in [-0.4, -0.2) is 4.98 Å². The van der Waals surface area contributed by atoms with Crippen LogP contribution in [0.3, 0.4) is 0 Å². The van der Waals surface area contributed by atoms with Gasteiger partial charge in [0.1, 0.15) is 0 Å². The van der Waals surface area contributed by atoms with E-state index in [9.17, 15) is 13.2 Å². The quantitative estimate of drug-likeness (QED) is 0.686. The average molecular weight is 240 g/mol. The third-order valence-corrected chi connectivity index (χ3v) is 2.17. The van der Waals surface area contributed by atoms with Gasteiger partial charge in [-0.15, -0.1) is 0 Å². The van der Waals surface area contributed by atoms with Crippen LogP contribution in [0.2, 0.25) is 0 Å². The zero-order chi connectivity index (χ0) is 9.30. The summed E-state index contributed by atoms with van der Waals surface area (Å²) in [7, 11) is 0. The van der Waals surface area contributed by atoms with E-state index in [4.69, 9.17) is 0 Å². The fourth-order valence-corrected chi connectivity index (χ4v) is 1.05. The van der Waals surface area contributed by atoms with Gasteiger partial charge in [-0.2, -0.15) is 4.39 Å². The van der Waals surface area contributed by atoms with Crippen molar-refractivity contribution in [1.82, 2.24) is 4.98 Å². The Bertz CT molecular complexity index is 301. The fourth-order valence-electron chi connectivity index (χ4n) is 0.719. The van der Waals surface area contributed by atoms with Crippen molar-refractivity contribution >= 4 is 15.9 Å². The third-order valence-electron chi connectivity index (χ3n) is 1.37. The van der Waals surface area contributed by atoms with Gasteiger partial charge in [0.05, 0.1) is 11.3 Å². The van der Waals surface area contributed by atoms with Crippen LogP contribution < -0.4 is 0 Å². The summed E-state index contributed by atoms with van der Waals surface area (Å²) >= 11 is 2.99. The topological polar surface area (TPSA) is 12.9 Å². The molecule has 0 atom stereocenters. The Kier molecular flexibility index (Phi) is 2.72. The Morgan fingerprint density at radius 1 is 1.50 bits per heavy atom. The molecule has 0 aliphatic carbocycles. The SMILES string of the molecule is Cc1nc(F)c(C(F)F)cc1Br. The molecule has 0 aromatic carbocycles. The fraction of sp³-hybridized carbons (Fsp3) is 0.286. The van der Waals surface area contributed by atoms with Crippen LogP contribution in [0.1, 0.15) is 17.7 Å². The molecule has 0 aliphatic heterocycles. The lowest BCUT2D eigenvalue weighted by Gasteiger charge is -2.03. The number of pyridine rings is 1. The number of aromatic nitrogens is 1. The predicted molar refractivity (Wildman–Crippen MR) is 41.6 cm³/mol. The second-order valence-electron chi connectivity index (χ2n) is 2.24. The number of nitrogens with zero attached hydrogens (tertiary/aromatic N) is 1. The normalized spacial score (nSPS) is 10.8. The first-order valence-electron chi connectivity index (χ1n) is 3.13. The van der Waals surface area contributed by atoms with Gasteiger partial charge in [0, 0.05) is 4.47 Å². The molecule has 0 saturated heterocycles. The molecule has 66 valence electrons. The van der Waals surface area contributed by atoms with Gasteiger partial charge < -0.3 is 0 Å². The maximum absolute atomic E-state index is 12.7. The molecule has 5 heteroatoms. The molecule has 0 unspecified atom stereocenters. The summed E-state index contributed by atoms with van der Waals surface area (Å²) < 4.78 is 37.1. The first-order chi connectivity index (χ1) is 5.52. The van der Waals surface area contributed by atoms with Gasteiger partial charge in [0.25, 0.3) is 6.43 Å². The molecular formula is C7H5BrF3N. The zero-order valence-corrected chi connectivity index (χ0v) is 7.70. The van der Waals surface area contributed by atoms with Crippen molar-refractivity contribution in [2.24, 2.45) is 0 Å². The molecule has 0 N–H and O–H groups in total. The minimum atomic E-state index is -2.82. The first-order valence-corrected chi connectivity index (χ1v) is 3.92. The van der Waals surface area contributed by atoms with E-state index in [1.54, 1.807) is 0 Å². The van der Waals surface area contributed by atoms with Gasteiger partial charge >= 0.3 is 0 Å². The minimum Gasteiger partial charge on any atom is -0.224 e. The smallest absolute Gasteiger partial charge is 0.224 e. The summed E-state index contributed by atoms with van der Waals surface area (Å²) in [4.78, 5) is 3.30. The molecule has 0 bridgehead atoms. The highest BCUT2D eigenvalue weighted by molar-refractivity contribution is 9.10. The second-order valence-corrected chi connectivity index (χ2v) is 3.09. The molecule has 1 rings (SSSR count). The molecule has 0 saturated carbocycles. The van der Waals surface area contributed by atoms with Crippen LogP contribution in [0.5, 0.6) is 0 Å². The van der Waals surface area contributed by atoms with E-state index in [0.717, 1.165) is 6.07 Å². The van der Waals surface area contributed by atoms with Crippen LogP contribution in [-0.2, 0) is 0 Å². The van der Waals surface area contributed by atoms with Crippen LogP contribution in [0.15, 0.2) is 10.5 Å². The first kappa shape index (κ1) is 9.51. The van der Waals surface area contributed by atoms with E-state index in [-0.39, 0.29) is 0 Å². The van der Waals surface area contributed by atoms with Gasteiger partial charge in [-0.1, -0.05) is 0 Å². The highest BCUT2D eigenvalue weighted by atomic mass is 79.9. The summed E-state index contributed by atoms with van der Waals surface area (Å²) in [6.07, 6.45) is -2.82. The highest BCUT2D eigenvalue weighted by Crippen LogP contribution is 2.25. The van der Waals surface area contributed by atoms with Gasteiger partial charge in [-0.3, -0.25) is 0 Å². The molecule has 0 spiro atoms. The van der Waals surface area contributed by atoms with Crippen LogP contribution >= 0.6 is 15.9 Å². The number of hydrogen-bond acceptors (Lipinski definition) is 1. The van der Waals surface area contributed by atoms with Crippen molar-refractivity contribution in [3.8, 4) is 0 Å². The lowest BCUT2D eigenvalue weighted by atomic mass is 10.2. The second kappa shape index (κ2) is 3.43. The zero-order valence-electron chi connectivity index (χ0n) is 6.11. The molecule has 0 radical (unpaired) electrons. The van der Waals surface area contributed by atoms with Crippen LogP contribution in [0, 0.1) is 12.9 Å². The van der Waals surface area contributed by atoms with E-state index < -0.39 is 17.9 Å². The van der Waals surface area contributed by atoms with E-state index in [1.807, 2.05) is 0 Å². The molecule has 1 aromatic rings. The average Bonchev–Trinajstić information content (AvgIpc) is 1.96. The van der Waals surface area contributed by atoms with Crippen molar-refractivity contribution in [3.63, 3.8) is 0 Å². The Morgan fingerprint density at radius 2 is 2.08 bits per heavy atom. The largest absolute Gasteiger partial charge is 0.268 e. The number of rotatable bonds is 1. The Hall–Kier alpha value is -0.580. The minimum absolute atomic E-state index is 0.358. The van der Waals surface area contributed by atoms with E-state index in [1.165, 1.54) is 6.92 Å². The predicted octanol–water partition coefficient (Wildman–Crippen LogP) is 3.23. The van der Waals surface area contributed by atoms with Crippen molar-refractivity contribution in [2.75, 3.05) is 0 Å². The summed E-state index contributed by atoms with van der Waals surface area (Å²) in [6.45, 7) is 1.53. The number of halogens is 4. The molecule has 0 aliphatic rings. The number of alkyl halides is 2. The summed E-state index contributed by atoms with van der Waals surface area (Å²) in [5.41, 5.74) is -0.315. The van der Waals surface area contributed by atoms with Crippen molar-refractivity contribution < 1.29 is 13.2 Å². The van der Waals surface area contributed by atoms with Crippen molar-refractivity contribution in [2.45, 2.75) is 13.3 Å². The third kappa shape index (κ3) is 1.77. The van der Waals surface area contributed by atoms with Gasteiger partial charge in [-0.05, 0) is 28.9 Å². The number of aryl methyl sites for hydroxylation is 1. The lowest BCUT2D eigenvalue weighted by molar-refractivity contribution is 0.145. The number of hydrogen-bond donors (Lipinski definition) is 0. The maximum atomic E-state index is 12.7. The monoisotopic (exact) mass is 239 g/mol. The van der Waals surface area contributed by atoms with Gasteiger partial charge in [0.2, 0.25) is 5.95 Å². The van der Waals surface area contributed by atoms with Crippen molar-refractivity contribution in [3.05, 3.63) is 27.7 Å².